The highest BCUT2D eigenvalue weighted by Crippen LogP contribution is 2.36. The van der Waals surface area contributed by atoms with E-state index in [9.17, 15) is 0 Å². The van der Waals surface area contributed by atoms with Crippen molar-refractivity contribution in [2.75, 3.05) is 38.5 Å². The maximum atomic E-state index is 5.82. The monoisotopic (exact) mass is 297 g/mol. The summed E-state index contributed by atoms with van der Waals surface area (Å²) < 4.78 is 5.82. The van der Waals surface area contributed by atoms with Gasteiger partial charge in [-0.05, 0) is 19.4 Å². The first kappa shape index (κ1) is 14.7. The van der Waals surface area contributed by atoms with Gasteiger partial charge in [0, 0.05) is 24.4 Å². The highest BCUT2D eigenvalue weighted by atomic mass is 32.2. The van der Waals surface area contributed by atoms with Gasteiger partial charge in [-0.3, -0.25) is 9.89 Å². The molecular formula is C15H27N3OS. The summed E-state index contributed by atoms with van der Waals surface area (Å²) in [6.07, 6.45) is 7.08. The first-order valence-corrected chi connectivity index (χ1v) is 9.08. The third-order valence-electron chi connectivity index (χ3n) is 4.78. The molecule has 2 aliphatic heterocycles. The lowest BCUT2D eigenvalue weighted by atomic mass is 9.83. The molecule has 1 aliphatic carbocycles. The predicted octanol–water partition coefficient (Wildman–Crippen LogP) is 2.10. The topological polar surface area (TPSA) is 36.9 Å². The van der Waals surface area contributed by atoms with Gasteiger partial charge in [0.1, 0.15) is 0 Å². The van der Waals surface area contributed by atoms with Crippen LogP contribution in [0.1, 0.15) is 39.0 Å². The van der Waals surface area contributed by atoms with Crippen molar-refractivity contribution in [1.29, 1.82) is 0 Å². The van der Waals surface area contributed by atoms with Crippen LogP contribution in [0.4, 0.5) is 0 Å². The number of likely N-dealkylation sites (N-methyl/N-ethyl adjacent to an activating group) is 1. The Morgan fingerprint density at radius 1 is 1.40 bits per heavy atom. The van der Waals surface area contributed by atoms with E-state index in [4.69, 9.17) is 9.73 Å². The van der Waals surface area contributed by atoms with Gasteiger partial charge in [-0.25, -0.2) is 0 Å². The molecule has 1 spiro atoms. The van der Waals surface area contributed by atoms with Crippen molar-refractivity contribution in [2.24, 2.45) is 4.99 Å². The number of aliphatic imine (C=N–C) groups is 1. The first-order chi connectivity index (χ1) is 9.80. The van der Waals surface area contributed by atoms with Crippen LogP contribution in [0.2, 0.25) is 0 Å². The summed E-state index contributed by atoms with van der Waals surface area (Å²) in [7, 11) is 0. The molecule has 5 heteroatoms. The molecule has 4 nitrogen and oxygen atoms in total. The molecule has 2 saturated heterocycles. The number of amidine groups is 1. The van der Waals surface area contributed by atoms with Gasteiger partial charge in [0.25, 0.3) is 0 Å². The van der Waals surface area contributed by atoms with Crippen LogP contribution in [0.3, 0.4) is 0 Å². The molecule has 3 fully saturated rings. The zero-order chi connectivity index (χ0) is 13.8. The van der Waals surface area contributed by atoms with E-state index in [0.29, 0.717) is 5.54 Å². The number of ether oxygens (including phenoxy) is 1. The predicted molar refractivity (Wildman–Crippen MR) is 85.6 cm³/mol. The van der Waals surface area contributed by atoms with Crippen molar-refractivity contribution in [3.8, 4) is 0 Å². The van der Waals surface area contributed by atoms with E-state index >= 15 is 0 Å². The van der Waals surface area contributed by atoms with E-state index in [2.05, 4.69) is 17.1 Å². The van der Waals surface area contributed by atoms with Crippen LogP contribution in [0.15, 0.2) is 4.99 Å². The maximum absolute atomic E-state index is 5.82. The summed E-state index contributed by atoms with van der Waals surface area (Å²) in [4.78, 5) is 7.23. The van der Waals surface area contributed by atoms with Crippen LogP contribution in [0.5, 0.6) is 0 Å². The average Bonchev–Trinajstić information content (AvgIpc) is 2.89. The second-order valence-electron chi connectivity index (χ2n) is 6.29. The van der Waals surface area contributed by atoms with Crippen LogP contribution in [0.25, 0.3) is 0 Å². The third-order valence-corrected chi connectivity index (χ3v) is 5.98. The molecule has 0 aromatic heterocycles. The highest BCUT2D eigenvalue weighted by Gasteiger charge is 2.38. The van der Waals surface area contributed by atoms with Crippen molar-refractivity contribution < 1.29 is 4.74 Å². The highest BCUT2D eigenvalue weighted by molar-refractivity contribution is 8.14. The van der Waals surface area contributed by atoms with Crippen LogP contribution in [-0.4, -0.2) is 60.2 Å². The van der Waals surface area contributed by atoms with Gasteiger partial charge in [-0.1, -0.05) is 37.9 Å². The number of thioether (sulfide) groups is 1. The van der Waals surface area contributed by atoms with Crippen molar-refractivity contribution >= 4 is 16.9 Å². The van der Waals surface area contributed by atoms with E-state index in [-0.39, 0.29) is 6.10 Å². The molecule has 1 saturated carbocycles. The lowest BCUT2D eigenvalue weighted by Crippen LogP contribution is -2.46. The fourth-order valence-corrected chi connectivity index (χ4v) is 4.68. The maximum Gasteiger partial charge on any atom is 0.157 e. The average molecular weight is 297 g/mol. The molecule has 1 N–H and O–H groups in total. The minimum atomic E-state index is 0.279. The minimum absolute atomic E-state index is 0.279. The van der Waals surface area contributed by atoms with Crippen molar-refractivity contribution in [1.82, 2.24) is 10.2 Å². The van der Waals surface area contributed by atoms with E-state index < -0.39 is 0 Å². The number of morpholine rings is 1. The molecule has 3 rings (SSSR count). The van der Waals surface area contributed by atoms with Gasteiger partial charge >= 0.3 is 0 Å². The molecule has 0 bridgehead atoms. The normalized spacial score (nSPS) is 32.6. The fraction of sp³-hybridized carbons (Fsp3) is 0.933. The third kappa shape index (κ3) is 3.49. The molecule has 1 unspecified atom stereocenters. The van der Waals surface area contributed by atoms with Gasteiger partial charge in [0.05, 0.1) is 19.3 Å². The summed E-state index contributed by atoms with van der Waals surface area (Å²) in [6, 6.07) is 0. The lowest BCUT2D eigenvalue weighted by Gasteiger charge is -2.33. The van der Waals surface area contributed by atoms with Crippen LogP contribution in [-0.2, 0) is 4.74 Å². The van der Waals surface area contributed by atoms with E-state index in [0.717, 1.165) is 38.0 Å². The van der Waals surface area contributed by atoms with Crippen LogP contribution < -0.4 is 5.32 Å². The number of hydrogen-bond donors (Lipinski definition) is 1. The zero-order valence-electron chi connectivity index (χ0n) is 12.6. The lowest BCUT2D eigenvalue weighted by molar-refractivity contribution is -0.0209. The molecule has 0 amide bonds. The summed E-state index contributed by atoms with van der Waals surface area (Å²) in [5.41, 5.74) is 0.366. The number of nitrogens with zero attached hydrogens (tertiary/aromatic N) is 2. The second kappa shape index (κ2) is 6.67. The SMILES string of the molecule is CCN1CCOC(CN=C2NC3(CCCCC3)CS2)C1. The number of rotatable bonds is 3. The van der Waals surface area contributed by atoms with Gasteiger partial charge in [0.15, 0.2) is 5.17 Å². The van der Waals surface area contributed by atoms with Crippen molar-refractivity contribution in [2.45, 2.75) is 50.7 Å². The standard InChI is InChI=1S/C15H27N3OS/c1-2-18-8-9-19-13(11-18)10-16-14-17-15(12-20-14)6-4-3-5-7-15/h13H,2-12H2,1H3,(H,16,17). The second-order valence-corrected chi connectivity index (χ2v) is 7.25. The quantitative estimate of drug-likeness (QED) is 0.865. The molecule has 3 aliphatic rings. The molecule has 114 valence electrons. The van der Waals surface area contributed by atoms with Gasteiger partial charge in [-0.15, -0.1) is 0 Å². The van der Waals surface area contributed by atoms with E-state index in [1.165, 1.54) is 37.9 Å². The summed E-state index contributed by atoms with van der Waals surface area (Å²) >= 11 is 1.91. The largest absolute Gasteiger partial charge is 0.374 e. The van der Waals surface area contributed by atoms with E-state index in [1.54, 1.807) is 0 Å². The van der Waals surface area contributed by atoms with Crippen molar-refractivity contribution in [3.63, 3.8) is 0 Å². The molecular weight excluding hydrogens is 270 g/mol. The Morgan fingerprint density at radius 2 is 2.25 bits per heavy atom. The number of hydrogen-bond acceptors (Lipinski definition) is 4. The Morgan fingerprint density at radius 3 is 3.05 bits per heavy atom. The van der Waals surface area contributed by atoms with E-state index in [1.807, 2.05) is 11.8 Å². The Balaban J connectivity index is 1.50. The fourth-order valence-electron chi connectivity index (χ4n) is 3.45. The summed E-state index contributed by atoms with van der Waals surface area (Å²) in [5, 5.41) is 4.87. The Kier molecular flexibility index (Phi) is 4.89. The molecule has 1 atom stereocenters. The molecule has 20 heavy (non-hydrogen) atoms. The summed E-state index contributed by atoms with van der Waals surface area (Å²) in [6.45, 7) is 7.10. The van der Waals surface area contributed by atoms with Crippen LogP contribution in [0, 0.1) is 0 Å². The Hall–Kier alpha value is -0.260. The summed E-state index contributed by atoms with van der Waals surface area (Å²) in [5.74, 6) is 1.21. The van der Waals surface area contributed by atoms with Gasteiger partial charge < -0.3 is 10.1 Å². The van der Waals surface area contributed by atoms with Gasteiger partial charge in [0.2, 0.25) is 0 Å². The molecule has 2 heterocycles. The number of nitrogens with one attached hydrogen (secondary N) is 1. The van der Waals surface area contributed by atoms with Crippen LogP contribution >= 0.6 is 11.8 Å². The smallest absolute Gasteiger partial charge is 0.157 e. The first-order valence-electron chi connectivity index (χ1n) is 8.09. The minimum Gasteiger partial charge on any atom is -0.374 e. The Labute approximate surface area is 126 Å². The van der Waals surface area contributed by atoms with Crippen molar-refractivity contribution in [3.05, 3.63) is 0 Å². The Bertz CT molecular complexity index is 355. The molecule has 0 aromatic carbocycles. The molecule has 0 aromatic rings. The zero-order valence-corrected chi connectivity index (χ0v) is 13.4. The molecule has 0 radical (unpaired) electrons. The van der Waals surface area contributed by atoms with Gasteiger partial charge in [-0.2, -0.15) is 0 Å².